The van der Waals surface area contributed by atoms with Crippen LogP contribution in [0.3, 0.4) is 0 Å². The van der Waals surface area contributed by atoms with Gasteiger partial charge in [-0.2, -0.15) is 0 Å². The van der Waals surface area contributed by atoms with Crippen molar-refractivity contribution in [2.75, 3.05) is 38.0 Å². The summed E-state index contributed by atoms with van der Waals surface area (Å²) in [6, 6.07) is 50.9. The van der Waals surface area contributed by atoms with Crippen LogP contribution in [0.4, 0.5) is 11.4 Å². The Kier molecular flexibility index (Phi) is 23.9. The minimum absolute atomic E-state index is 0.298. The molecule has 0 unspecified atom stereocenters. The zero-order valence-corrected chi connectivity index (χ0v) is 46.5. The normalized spacial score (nSPS) is 11.3. The van der Waals surface area contributed by atoms with Crippen LogP contribution in [0.25, 0.3) is 36.5 Å². The zero-order chi connectivity index (χ0) is 46.2. The first-order valence-electron chi connectivity index (χ1n) is 22.9. The molecule has 0 saturated carbocycles. The third-order valence-electron chi connectivity index (χ3n) is 11.3. The van der Waals surface area contributed by atoms with Gasteiger partial charge < -0.3 is 10.0 Å². The number of anilines is 2. The second kappa shape index (κ2) is 29.0. The average Bonchev–Trinajstić information content (AvgIpc) is 3.31. The molecular formula is C58H70I2N2OSn. The van der Waals surface area contributed by atoms with Crippen LogP contribution >= 0.6 is 45.2 Å². The molecule has 6 heteroatoms. The molecular weight excluding hydrogens is 1110 g/mol. The number of halogens is 2. The van der Waals surface area contributed by atoms with Gasteiger partial charge in [0.2, 0.25) is 0 Å². The molecule has 0 aliphatic heterocycles. The largest absolute Gasteiger partial charge is 0.508 e. The fraction of sp³-hybridized carbons (Fsp3) is 0.276. The van der Waals surface area contributed by atoms with Gasteiger partial charge in [0, 0.05) is 26.9 Å². The topological polar surface area (TPSA) is 26.7 Å². The maximum Gasteiger partial charge on any atom is 0.115 e. The van der Waals surface area contributed by atoms with Crippen molar-refractivity contribution in [2.45, 2.75) is 72.6 Å². The molecule has 1 N–H and O–H groups in total. The van der Waals surface area contributed by atoms with Crippen molar-refractivity contribution in [3.63, 3.8) is 0 Å². The molecule has 0 aliphatic carbocycles. The molecule has 0 saturated heterocycles. The predicted octanol–water partition coefficient (Wildman–Crippen LogP) is 16.7. The van der Waals surface area contributed by atoms with E-state index in [1.54, 1.807) is 15.7 Å². The molecule has 0 aromatic heterocycles. The summed E-state index contributed by atoms with van der Waals surface area (Å²) in [6.45, 7) is 7.07. The van der Waals surface area contributed by atoms with Gasteiger partial charge in [0.25, 0.3) is 0 Å². The van der Waals surface area contributed by atoms with Crippen molar-refractivity contribution >= 4 is 115 Å². The van der Waals surface area contributed by atoms with Crippen LogP contribution in [-0.4, -0.2) is 51.7 Å². The van der Waals surface area contributed by atoms with Gasteiger partial charge in [-0.1, -0.05) is 72.8 Å². The predicted molar refractivity (Wildman–Crippen MR) is 306 cm³/mol. The molecule has 6 rings (SSSR count). The minimum Gasteiger partial charge on any atom is -0.508 e. The molecule has 64 heavy (non-hydrogen) atoms. The molecule has 0 atom stereocenters. The summed E-state index contributed by atoms with van der Waals surface area (Å²) >= 11 is 2.28. The monoisotopic (exact) mass is 1180 g/mol. The number of aromatic hydroxyl groups is 1. The van der Waals surface area contributed by atoms with E-state index in [-0.39, 0.29) is 0 Å². The number of unbranched alkanes of at least 4 members (excludes halogenated alkanes) is 3. The third kappa shape index (κ3) is 19.0. The summed E-state index contributed by atoms with van der Waals surface area (Å²) < 4.78 is 8.85. The molecule has 0 spiro atoms. The molecule has 0 radical (unpaired) electrons. The van der Waals surface area contributed by atoms with E-state index in [2.05, 4.69) is 250 Å². The number of phenols is 1. The quantitative estimate of drug-likeness (QED) is 0.0528. The standard InChI is InChI=1S/C16H16IN.C16H16N.C14H11IO.3C4H9.Sn/c1-18(2)16-10-8-13(9-11-16)6-7-14-4-3-5-15(17)12-14;1-17(2)16-12-10-15(11-13-16)9-8-14-6-4-3-5-7-14;15-13-3-1-2-12(10-13)5-4-11-6-8-14(16)9-7-11;3*1-3-4-2;/h3-12H,1-2H3;3-4,6-13H,1-2H3;1-10,16H;3*1,3-4H2,2H3;/b7-6+;9-8+;5-4+;;;;. The molecule has 0 fully saturated rings. The van der Waals surface area contributed by atoms with Crippen LogP contribution in [-0.2, 0) is 0 Å². The van der Waals surface area contributed by atoms with Crippen molar-refractivity contribution in [3.8, 4) is 5.75 Å². The average molecular weight is 1180 g/mol. The Labute approximate surface area is 418 Å². The Bertz CT molecular complexity index is 2310. The number of nitrogens with zero attached hydrogens (tertiary/aromatic N) is 2. The Hall–Kier alpha value is -3.80. The van der Waals surface area contributed by atoms with Crippen LogP contribution in [0.2, 0.25) is 13.3 Å². The maximum absolute atomic E-state index is 9.15. The molecule has 0 bridgehead atoms. The van der Waals surface area contributed by atoms with Crippen LogP contribution < -0.4 is 13.4 Å². The number of rotatable bonds is 18. The Morgan fingerprint density at radius 2 is 0.750 bits per heavy atom. The maximum atomic E-state index is 9.15. The summed E-state index contributed by atoms with van der Waals surface area (Å²) in [5.41, 5.74) is 9.82. The van der Waals surface area contributed by atoms with Crippen LogP contribution in [0.15, 0.2) is 146 Å². The molecule has 3 nitrogen and oxygen atoms in total. The van der Waals surface area contributed by atoms with Gasteiger partial charge in [-0.25, -0.2) is 0 Å². The number of benzene rings is 6. The van der Waals surface area contributed by atoms with E-state index in [1.165, 1.54) is 98.2 Å². The SMILES string of the molecule is CCC[CH2][Sn]([CH2]CCC)([CH2]CCC)[c]1cccc(/C=C/c2ccc(N(C)C)cc2)c1.CN(C)c1ccc(/C=C/c2cccc(I)c2)cc1.Oc1ccc(/C=C/c2cccc(I)c2)cc1. The smallest absolute Gasteiger partial charge is 0.115 e. The Morgan fingerprint density at radius 1 is 0.422 bits per heavy atom. The van der Waals surface area contributed by atoms with Gasteiger partial charge in [-0.3, -0.25) is 0 Å². The van der Waals surface area contributed by atoms with E-state index in [1.807, 2.05) is 24.3 Å². The first-order valence-corrected chi connectivity index (χ1v) is 32.6. The van der Waals surface area contributed by atoms with E-state index in [0.717, 1.165) is 5.56 Å². The first-order chi connectivity index (χ1) is 30.9. The summed E-state index contributed by atoms with van der Waals surface area (Å²) in [5.74, 6) is 0.298. The van der Waals surface area contributed by atoms with Crippen LogP contribution in [0.5, 0.6) is 5.75 Å². The van der Waals surface area contributed by atoms with Crippen LogP contribution in [0.1, 0.15) is 92.7 Å². The molecule has 336 valence electrons. The number of hydrogen-bond donors (Lipinski definition) is 1. The second-order valence-electron chi connectivity index (χ2n) is 16.9. The first kappa shape index (κ1) is 52.8. The summed E-state index contributed by atoms with van der Waals surface area (Å²) in [4.78, 5) is 4.25. The fourth-order valence-corrected chi connectivity index (χ4v) is 24.7. The molecule has 0 amide bonds. The third-order valence-corrected chi connectivity index (χ3v) is 28.3. The fourth-order valence-electron chi connectivity index (χ4n) is 7.48. The molecule has 6 aromatic carbocycles. The van der Waals surface area contributed by atoms with E-state index in [4.69, 9.17) is 5.11 Å². The number of phenolic OH excluding ortho intramolecular Hbond substituents is 1. The van der Waals surface area contributed by atoms with Crippen molar-refractivity contribution in [3.05, 3.63) is 186 Å². The van der Waals surface area contributed by atoms with Gasteiger partial charge in [-0.15, -0.1) is 0 Å². The van der Waals surface area contributed by atoms with E-state index in [9.17, 15) is 0 Å². The van der Waals surface area contributed by atoms with Gasteiger partial charge in [-0.05, 0) is 116 Å². The van der Waals surface area contributed by atoms with E-state index < -0.39 is 18.4 Å². The van der Waals surface area contributed by atoms with Crippen molar-refractivity contribution in [2.24, 2.45) is 0 Å². The van der Waals surface area contributed by atoms with Gasteiger partial charge in [0.05, 0.1) is 0 Å². The van der Waals surface area contributed by atoms with Crippen molar-refractivity contribution in [1.82, 2.24) is 0 Å². The van der Waals surface area contributed by atoms with Crippen LogP contribution in [0, 0.1) is 7.14 Å². The van der Waals surface area contributed by atoms with E-state index >= 15 is 0 Å². The van der Waals surface area contributed by atoms with Crippen molar-refractivity contribution in [1.29, 1.82) is 0 Å². The molecule has 6 aromatic rings. The van der Waals surface area contributed by atoms with Crippen molar-refractivity contribution < 1.29 is 5.11 Å². The minimum atomic E-state index is -2.35. The summed E-state index contributed by atoms with van der Waals surface area (Å²) in [6.07, 6.45) is 21.2. The van der Waals surface area contributed by atoms with Gasteiger partial charge in [0.1, 0.15) is 5.75 Å². The molecule has 0 heterocycles. The van der Waals surface area contributed by atoms with E-state index in [0.29, 0.717) is 5.75 Å². The Morgan fingerprint density at radius 3 is 1.09 bits per heavy atom. The molecule has 0 aliphatic rings. The summed E-state index contributed by atoms with van der Waals surface area (Å²) in [5, 5.41) is 9.15. The van der Waals surface area contributed by atoms with Gasteiger partial charge >= 0.3 is 191 Å². The zero-order valence-electron chi connectivity index (χ0n) is 39.3. The second-order valence-corrected chi connectivity index (χ2v) is 32.6. The Balaban J connectivity index is 0.000000225. The number of hydrogen-bond acceptors (Lipinski definition) is 3. The van der Waals surface area contributed by atoms with Gasteiger partial charge in [0.15, 0.2) is 0 Å². The summed E-state index contributed by atoms with van der Waals surface area (Å²) in [7, 11) is 8.28.